The average molecular weight is 471 g/mol. The number of hydrogen-bond acceptors (Lipinski definition) is 7. The van der Waals surface area contributed by atoms with E-state index in [0.29, 0.717) is 61.2 Å². The molecule has 0 unspecified atom stereocenters. The number of carbonyl (C=O) groups is 2. The fourth-order valence-corrected chi connectivity index (χ4v) is 3.75. The first-order valence-electron chi connectivity index (χ1n) is 11.7. The number of phenolic OH excluding ortho intramolecular Hbond substituents is 1. The molecule has 8 heteroatoms. The topological polar surface area (TPSA) is 117 Å². The van der Waals surface area contributed by atoms with Gasteiger partial charge in [-0.15, -0.1) is 0 Å². The van der Waals surface area contributed by atoms with Crippen LogP contribution in [-0.4, -0.2) is 43.9 Å². The molecular formula is C26H32NO7-. The van der Waals surface area contributed by atoms with Crippen LogP contribution in [0.25, 0.3) is 0 Å². The Labute approximate surface area is 199 Å². The molecule has 1 saturated carbocycles. The van der Waals surface area contributed by atoms with Crippen LogP contribution in [0.1, 0.15) is 54.1 Å². The van der Waals surface area contributed by atoms with E-state index in [4.69, 9.17) is 14.2 Å². The molecule has 3 rings (SSSR count). The van der Waals surface area contributed by atoms with Gasteiger partial charge < -0.3 is 34.5 Å². The smallest absolute Gasteiger partial charge is 0.254 e. The van der Waals surface area contributed by atoms with E-state index >= 15 is 0 Å². The van der Waals surface area contributed by atoms with Gasteiger partial charge in [-0.05, 0) is 55.9 Å². The molecule has 1 aliphatic carbocycles. The fourth-order valence-electron chi connectivity index (χ4n) is 3.75. The Bertz CT molecular complexity index is 1000. The van der Waals surface area contributed by atoms with E-state index < -0.39 is 12.6 Å². The number of phenols is 1. The first-order chi connectivity index (χ1) is 16.4. The summed E-state index contributed by atoms with van der Waals surface area (Å²) in [5.74, 6) is 0.611. The number of nitrogens with one attached hydrogen (secondary N) is 1. The van der Waals surface area contributed by atoms with E-state index in [1.807, 2.05) is 13.0 Å². The Balaban J connectivity index is 1.59. The first kappa shape index (κ1) is 25.2. The molecule has 2 aromatic carbocycles. The molecule has 1 aliphatic rings. The molecule has 2 N–H and O–H groups in total. The monoisotopic (exact) mass is 470 g/mol. The Morgan fingerprint density at radius 1 is 1.03 bits per heavy atom. The molecule has 184 valence electrons. The van der Waals surface area contributed by atoms with Crippen LogP contribution >= 0.6 is 0 Å². The van der Waals surface area contributed by atoms with Crippen molar-refractivity contribution in [3.05, 3.63) is 47.0 Å². The molecule has 0 radical (unpaired) electrons. The lowest BCUT2D eigenvalue weighted by atomic mass is 10.0. The molecule has 8 nitrogen and oxygen atoms in total. The van der Waals surface area contributed by atoms with E-state index in [1.54, 1.807) is 24.3 Å². The third-order valence-corrected chi connectivity index (χ3v) is 5.64. The molecule has 0 atom stereocenters. The second kappa shape index (κ2) is 12.2. The van der Waals surface area contributed by atoms with Crippen molar-refractivity contribution in [1.82, 2.24) is 5.32 Å². The molecule has 0 aliphatic heterocycles. The zero-order valence-electron chi connectivity index (χ0n) is 19.7. The van der Waals surface area contributed by atoms with E-state index in [-0.39, 0.29) is 17.2 Å². The van der Waals surface area contributed by atoms with Crippen molar-refractivity contribution in [2.24, 2.45) is 5.92 Å². The highest BCUT2D eigenvalue weighted by molar-refractivity contribution is 5.97. The summed E-state index contributed by atoms with van der Waals surface area (Å²) in [4.78, 5) is 22.8. The number of carbonyl (C=O) groups excluding carboxylic acids is 2. The largest absolute Gasteiger partial charge is 0.546 e. The van der Waals surface area contributed by atoms with Crippen molar-refractivity contribution in [3.8, 4) is 23.0 Å². The molecule has 0 aromatic heterocycles. The van der Waals surface area contributed by atoms with Gasteiger partial charge in [0.05, 0.1) is 24.7 Å². The lowest BCUT2D eigenvalue weighted by molar-refractivity contribution is -0.307. The molecule has 0 bridgehead atoms. The summed E-state index contributed by atoms with van der Waals surface area (Å²) in [6.45, 7) is 2.28. The van der Waals surface area contributed by atoms with Crippen molar-refractivity contribution < 1.29 is 34.0 Å². The maximum atomic E-state index is 12.0. The van der Waals surface area contributed by atoms with Crippen molar-refractivity contribution in [1.29, 1.82) is 0 Å². The Hall–Kier alpha value is -3.42. The predicted molar refractivity (Wildman–Crippen MR) is 124 cm³/mol. The van der Waals surface area contributed by atoms with Gasteiger partial charge in [0.1, 0.15) is 29.6 Å². The molecule has 0 spiro atoms. The normalized spacial score (nSPS) is 12.8. The van der Waals surface area contributed by atoms with Gasteiger partial charge in [-0.25, -0.2) is 0 Å². The Kier molecular flexibility index (Phi) is 9.01. The maximum absolute atomic E-state index is 12.0. The first-order valence-corrected chi connectivity index (χ1v) is 11.7. The zero-order valence-corrected chi connectivity index (χ0v) is 19.7. The summed E-state index contributed by atoms with van der Waals surface area (Å²) in [7, 11) is 1.53. The summed E-state index contributed by atoms with van der Waals surface area (Å²) in [5, 5.41) is 24.0. The van der Waals surface area contributed by atoms with E-state index in [2.05, 4.69) is 5.32 Å². The van der Waals surface area contributed by atoms with Gasteiger partial charge in [-0.1, -0.05) is 19.4 Å². The predicted octanol–water partition coefficient (Wildman–Crippen LogP) is 2.63. The number of ether oxygens (including phenoxy) is 3. The van der Waals surface area contributed by atoms with Gasteiger partial charge in [0.15, 0.2) is 0 Å². The standard InChI is InChI=1S/C26H33NO7/c1-3-6-18-21(7-4-8-22(18)34-16-24(28)29)32-13-5-14-33-23-12-11-19(26(31)27-2)25(30)20(23)15-17-9-10-17/h4,7-8,11-12,17,30H,3,5-6,9-10,13-16H2,1-2H3,(H,27,31)(H,28,29)/p-1. The minimum Gasteiger partial charge on any atom is -0.546 e. The fraction of sp³-hybridized carbons (Fsp3) is 0.462. The van der Waals surface area contributed by atoms with Crippen LogP contribution in [0.5, 0.6) is 23.0 Å². The number of aromatic hydroxyl groups is 1. The SMILES string of the molecule is CCCc1c(OCCCOc2ccc(C(=O)NC)c(O)c2CC2CC2)cccc1OCC(=O)[O-]. The molecule has 2 aromatic rings. The van der Waals surface area contributed by atoms with Crippen molar-refractivity contribution in [2.75, 3.05) is 26.9 Å². The van der Waals surface area contributed by atoms with Crippen LogP contribution in [0.2, 0.25) is 0 Å². The van der Waals surface area contributed by atoms with Crippen LogP contribution < -0.4 is 24.6 Å². The van der Waals surface area contributed by atoms with Crippen molar-refractivity contribution in [3.63, 3.8) is 0 Å². The maximum Gasteiger partial charge on any atom is 0.254 e. The summed E-state index contributed by atoms with van der Waals surface area (Å²) in [6.07, 6.45) is 5.05. The van der Waals surface area contributed by atoms with Crippen LogP contribution in [0, 0.1) is 5.92 Å². The zero-order chi connectivity index (χ0) is 24.5. The number of carboxylic acid groups (broad SMARTS) is 1. The summed E-state index contributed by atoms with van der Waals surface area (Å²) in [5.41, 5.74) is 1.75. The Morgan fingerprint density at radius 2 is 1.68 bits per heavy atom. The lowest BCUT2D eigenvalue weighted by Gasteiger charge is -2.17. The summed E-state index contributed by atoms with van der Waals surface area (Å²) < 4.78 is 17.2. The second-order valence-electron chi connectivity index (χ2n) is 8.36. The molecule has 1 amide bonds. The second-order valence-corrected chi connectivity index (χ2v) is 8.36. The number of hydrogen-bond donors (Lipinski definition) is 2. The van der Waals surface area contributed by atoms with Gasteiger partial charge >= 0.3 is 0 Å². The molecular weight excluding hydrogens is 438 g/mol. The minimum absolute atomic E-state index is 0.0161. The van der Waals surface area contributed by atoms with E-state index in [1.165, 1.54) is 7.05 Å². The van der Waals surface area contributed by atoms with Gasteiger partial charge in [0.2, 0.25) is 0 Å². The number of amides is 1. The van der Waals surface area contributed by atoms with E-state index in [9.17, 15) is 19.8 Å². The van der Waals surface area contributed by atoms with Gasteiger partial charge in [0, 0.05) is 24.6 Å². The molecule has 34 heavy (non-hydrogen) atoms. The summed E-state index contributed by atoms with van der Waals surface area (Å²) in [6, 6.07) is 8.63. The third-order valence-electron chi connectivity index (χ3n) is 5.64. The van der Waals surface area contributed by atoms with Crippen LogP contribution in [0.4, 0.5) is 0 Å². The average Bonchev–Trinajstić information content (AvgIpc) is 3.64. The minimum atomic E-state index is -1.28. The van der Waals surface area contributed by atoms with Crippen molar-refractivity contribution in [2.45, 2.75) is 45.4 Å². The number of carboxylic acids is 1. The number of rotatable bonds is 14. The lowest BCUT2D eigenvalue weighted by Crippen LogP contribution is -2.29. The van der Waals surface area contributed by atoms with Crippen LogP contribution in [0.3, 0.4) is 0 Å². The van der Waals surface area contributed by atoms with Crippen LogP contribution in [0.15, 0.2) is 30.3 Å². The molecule has 1 fully saturated rings. The van der Waals surface area contributed by atoms with Crippen LogP contribution in [-0.2, 0) is 17.6 Å². The highest BCUT2D eigenvalue weighted by atomic mass is 16.5. The highest BCUT2D eigenvalue weighted by Gasteiger charge is 2.27. The number of benzene rings is 2. The van der Waals surface area contributed by atoms with Gasteiger partial charge in [-0.2, -0.15) is 0 Å². The van der Waals surface area contributed by atoms with Gasteiger partial charge in [0.25, 0.3) is 5.91 Å². The molecule has 0 heterocycles. The Morgan fingerprint density at radius 3 is 2.26 bits per heavy atom. The number of aliphatic carboxylic acids is 1. The molecule has 0 saturated heterocycles. The van der Waals surface area contributed by atoms with Gasteiger partial charge in [-0.3, -0.25) is 4.79 Å². The summed E-state index contributed by atoms with van der Waals surface area (Å²) >= 11 is 0. The quantitative estimate of drug-likeness (QED) is 0.408. The van der Waals surface area contributed by atoms with Crippen molar-refractivity contribution >= 4 is 11.9 Å². The van der Waals surface area contributed by atoms with E-state index in [0.717, 1.165) is 24.8 Å². The third kappa shape index (κ3) is 6.79. The highest BCUT2D eigenvalue weighted by Crippen LogP contribution is 2.40.